The first-order valence-electron chi connectivity index (χ1n) is 7.17. The van der Waals surface area contributed by atoms with Crippen molar-refractivity contribution in [2.75, 3.05) is 5.75 Å². The van der Waals surface area contributed by atoms with Crippen LogP contribution in [0.2, 0.25) is 0 Å². The molecule has 0 radical (unpaired) electrons. The van der Waals surface area contributed by atoms with Crippen molar-refractivity contribution >= 4 is 33.3 Å². The molecule has 0 aliphatic rings. The molecular formula is C17H18N2S2. The van der Waals surface area contributed by atoms with E-state index in [1.807, 2.05) is 17.8 Å². The van der Waals surface area contributed by atoms with Crippen LogP contribution in [0.3, 0.4) is 0 Å². The molecule has 0 aliphatic carbocycles. The summed E-state index contributed by atoms with van der Waals surface area (Å²) < 4.78 is 0. The van der Waals surface area contributed by atoms with Gasteiger partial charge in [-0.25, -0.2) is 9.97 Å². The molecule has 4 heteroatoms. The molecule has 0 aliphatic heterocycles. The third kappa shape index (κ3) is 3.44. The normalized spacial score (nSPS) is 11.4. The molecule has 21 heavy (non-hydrogen) atoms. The van der Waals surface area contributed by atoms with Gasteiger partial charge in [0.25, 0.3) is 0 Å². The third-order valence-corrected chi connectivity index (χ3v) is 5.42. The molecule has 0 fully saturated rings. The van der Waals surface area contributed by atoms with Crippen molar-refractivity contribution in [1.82, 2.24) is 9.97 Å². The summed E-state index contributed by atoms with van der Waals surface area (Å²) in [6.45, 7) is 4.52. The minimum atomic E-state index is 0.734. The van der Waals surface area contributed by atoms with Gasteiger partial charge in [0.15, 0.2) is 0 Å². The maximum absolute atomic E-state index is 4.47. The van der Waals surface area contributed by atoms with Gasteiger partial charge in [-0.2, -0.15) is 0 Å². The van der Waals surface area contributed by atoms with E-state index in [9.17, 15) is 0 Å². The average Bonchev–Trinajstić information content (AvgIpc) is 2.93. The highest BCUT2D eigenvalue weighted by molar-refractivity contribution is 7.99. The van der Waals surface area contributed by atoms with Gasteiger partial charge in [0.1, 0.15) is 16.2 Å². The fraction of sp³-hybridized carbons (Fsp3) is 0.294. The minimum Gasteiger partial charge on any atom is -0.229 e. The van der Waals surface area contributed by atoms with Gasteiger partial charge in [-0.1, -0.05) is 44.2 Å². The van der Waals surface area contributed by atoms with Crippen molar-refractivity contribution in [1.29, 1.82) is 0 Å². The fourth-order valence-corrected chi connectivity index (χ4v) is 4.37. The van der Waals surface area contributed by atoms with Gasteiger partial charge in [0.05, 0.1) is 0 Å². The lowest BCUT2D eigenvalue weighted by Crippen LogP contribution is -1.91. The Kier molecular flexibility index (Phi) is 4.56. The Hall–Kier alpha value is -1.39. The molecule has 0 unspecified atom stereocenters. The molecule has 108 valence electrons. The van der Waals surface area contributed by atoms with Crippen molar-refractivity contribution < 1.29 is 0 Å². The Balaban J connectivity index is 1.90. The van der Waals surface area contributed by atoms with Gasteiger partial charge in [-0.15, -0.1) is 23.1 Å². The summed E-state index contributed by atoms with van der Waals surface area (Å²) in [6, 6.07) is 12.7. The van der Waals surface area contributed by atoms with E-state index in [0.29, 0.717) is 0 Å². The van der Waals surface area contributed by atoms with Gasteiger partial charge in [0.2, 0.25) is 0 Å². The van der Waals surface area contributed by atoms with Crippen LogP contribution in [0.25, 0.3) is 20.7 Å². The first kappa shape index (κ1) is 14.5. The number of rotatable bonds is 5. The second-order valence-corrected chi connectivity index (χ2v) is 7.52. The molecule has 2 nitrogen and oxygen atoms in total. The number of thioether (sulfide) groups is 1. The van der Waals surface area contributed by atoms with Crippen LogP contribution in [-0.2, 0) is 0 Å². The molecule has 2 aromatic heterocycles. The quantitative estimate of drug-likeness (QED) is 0.459. The van der Waals surface area contributed by atoms with E-state index in [1.165, 1.54) is 22.2 Å². The number of hydrogen-bond donors (Lipinski definition) is 0. The van der Waals surface area contributed by atoms with Crippen LogP contribution in [0.4, 0.5) is 0 Å². The van der Waals surface area contributed by atoms with Crippen LogP contribution < -0.4 is 0 Å². The first-order valence-corrected chi connectivity index (χ1v) is 8.97. The van der Waals surface area contributed by atoms with E-state index < -0.39 is 0 Å². The third-order valence-electron chi connectivity index (χ3n) is 3.29. The smallest absolute Gasteiger partial charge is 0.128 e. The van der Waals surface area contributed by atoms with Gasteiger partial charge >= 0.3 is 0 Å². The summed E-state index contributed by atoms with van der Waals surface area (Å²) in [4.78, 5) is 11.2. The molecule has 0 bridgehead atoms. The van der Waals surface area contributed by atoms with Gasteiger partial charge < -0.3 is 0 Å². The molecule has 0 atom stereocenters. The average molecular weight is 314 g/mol. The fourth-order valence-electron chi connectivity index (χ4n) is 2.08. The molecule has 1 aromatic carbocycles. The van der Waals surface area contributed by atoms with Crippen LogP contribution in [0.5, 0.6) is 0 Å². The van der Waals surface area contributed by atoms with Crippen LogP contribution >= 0.6 is 23.1 Å². The standard InChI is InChI=1S/C17H18N2S2/c1-12(2)8-9-20-16-14-10-15(13-6-4-3-5-7-13)21-17(14)19-11-18-16/h3-7,10-12H,8-9H2,1-2H3. The second kappa shape index (κ2) is 6.58. The maximum Gasteiger partial charge on any atom is 0.128 e. The molecule has 0 saturated carbocycles. The number of nitrogens with zero attached hydrogens (tertiary/aromatic N) is 2. The SMILES string of the molecule is CC(C)CCSc1ncnc2sc(-c3ccccc3)cc12. The molecule has 0 amide bonds. The summed E-state index contributed by atoms with van der Waals surface area (Å²) >= 11 is 3.58. The highest BCUT2D eigenvalue weighted by Gasteiger charge is 2.10. The lowest BCUT2D eigenvalue weighted by atomic mass is 10.2. The van der Waals surface area contributed by atoms with E-state index in [2.05, 4.69) is 54.1 Å². The van der Waals surface area contributed by atoms with Crippen LogP contribution in [0.1, 0.15) is 20.3 Å². The number of benzene rings is 1. The predicted octanol–water partition coefficient (Wildman–Crippen LogP) is 5.50. The number of thiophene rings is 1. The lowest BCUT2D eigenvalue weighted by Gasteiger charge is -2.04. The Morgan fingerprint density at radius 2 is 1.95 bits per heavy atom. The van der Waals surface area contributed by atoms with E-state index in [1.54, 1.807) is 17.7 Å². The van der Waals surface area contributed by atoms with Gasteiger partial charge in [-0.05, 0) is 29.7 Å². The van der Waals surface area contributed by atoms with Crippen molar-refractivity contribution in [3.63, 3.8) is 0 Å². The highest BCUT2D eigenvalue weighted by atomic mass is 32.2. The van der Waals surface area contributed by atoms with Crippen LogP contribution in [-0.4, -0.2) is 15.7 Å². The van der Waals surface area contributed by atoms with E-state index in [0.717, 1.165) is 21.5 Å². The predicted molar refractivity (Wildman–Crippen MR) is 93.0 cm³/mol. The summed E-state index contributed by atoms with van der Waals surface area (Å²) in [7, 11) is 0. The van der Waals surface area contributed by atoms with Crippen molar-refractivity contribution in [2.45, 2.75) is 25.3 Å². The summed E-state index contributed by atoms with van der Waals surface area (Å²) in [5.74, 6) is 1.84. The molecule has 3 aromatic rings. The van der Waals surface area contributed by atoms with E-state index in [-0.39, 0.29) is 0 Å². The Bertz CT molecular complexity index is 720. The first-order chi connectivity index (χ1) is 10.2. The minimum absolute atomic E-state index is 0.734. The largest absolute Gasteiger partial charge is 0.229 e. The topological polar surface area (TPSA) is 25.8 Å². The zero-order chi connectivity index (χ0) is 14.7. The molecule has 0 N–H and O–H groups in total. The summed E-state index contributed by atoms with van der Waals surface area (Å²) in [5.41, 5.74) is 1.25. The van der Waals surface area contributed by atoms with Gasteiger partial charge in [0, 0.05) is 10.3 Å². The highest BCUT2D eigenvalue weighted by Crippen LogP contribution is 2.36. The van der Waals surface area contributed by atoms with Gasteiger partial charge in [-0.3, -0.25) is 0 Å². The van der Waals surface area contributed by atoms with E-state index in [4.69, 9.17) is 0 Å². The summed E-state index contributed by atoms with van der Waals surface area (Å²) in [6.07, 6.45) is 2.90. The maximum atomic E-state index is 4.47. The molecule has 3 rings (SSSR count). The van der Waals surface area contributed by atoms with Crippen LogP contribution in [0.15, 0.2) is 47.8 Å². The molecular weight excluding hydrogens is 296 g/mol. The summed E-state index contributed by atoms with van der Waals surface area (Å²) in [5, 5.41) is 2.30. The number of aromatic nitrogens is 2. The number of fused-ring (bicyclic) bond motifs is 1. The Morgan fingerprint density at radius 3 is 2.71 bits per heavy atom. The Labute approximate surface area is 133 Å². The van der Waals surface area contributed by atoms with Crippen molar-refractivity contribution in [3.05, 3.63) is 42.7 Å². The Morgan fingerprint density at radius 1 is 1.14 bits per heavy atom. The lowest BCUT2D eigenvalue weighted by molar-refractivity contribution is 0.632. The molecule has 0 saturated heterocycles. The zero-order valence-electron chi connectivity index (χ0n) is 12.2. The monoisotopic (exact) mass is 314 g/mol. The van der Waals surface area contributed by atoms with E-state index >= 15 is 0 Å². The zero-order valence-corrected chi connectivity index (χ0v) is 13.9. The van der Waals surface area contributed by atoms with Crippen molar-refractivity contribution in [3.8, 4) is 10.4 Å². The van der Waals surface area contributed by atoms with Crippen LogP contribution in [0, 0.1) is 5.92 Å². The second-order valence-electron chi connectivity index (χ2n) is 5.41. The molecule has 2 heterocycles. The number of hydrogen-bond acceptors (Lipinski definition) is 4. The molecule has 0 spiro atoms. The van der Waals surface area contributed by atoms with Crippen molar-refractivity contribution in [2.24, 2.45) is 5.92 Å².